The number of unbranched alkanes of at least 4 members (excludes halogenated alkanes) is 12. The molecule has 1 rings (SSSR count). The first kappa shape index (κ1) is 25.5. The summed E-state index contributed by atoms with van der Waals surface area (Å²) in [5.74, 6) is 0.460. The summed E-state index contributed by atoms with van der Waals surface area (Å²) in [6.07, 6.45) is 17.3. The highest BCUT2D eigenvalue weighted by Crippen LogP contribution is 2.13. The number of carbonyl (C=O) groups is 1. The number of hydrogen-bond acceptors (Lipinski definition) is 6. The number of aromatic amines is 1. The van der Waals surface area contributed by atoms with Crippen LogP contribution in [0.4, 0.5) is 0 Å². The van der Waals surface area contributed by atoms with Crippen LogP contribution in [-0.4, -0.2) is 40.7 Å². The van der Waals surface area contributed by atoms with Gasteiger partial charge in [-0.05, 0) is 19.3 Å². The van der Waals surface area contributed by atoms with E-state index < -0.39 is 10.0 Å². The van der Waals surface area contributed by atoms with Crippen LogP contribution in [0.3, 0.4) is 0 Å². The third-order valence-electron chi connectivity index (χ3n) is 4.94. The first-order valence-electron chi connectivity index (χ1n) is 11.3. The normalized spacial score (nSPS) is 11.6. The molecule has 1 amide bonds. The molecule has 1 aromatic rings. The van der Waals surface area contributed by atoms with Crippen LogP contribution in [0.5, 0.6) is 0 Å². The molecule has 0 spiro atoms. The van der Waals surface area contributed by atoms with Crippen molar-refractivity contribution in [3.63, 3.8) is 0 Å². The molecule has 0 fully saturated rings. The lowest BCUT2D eigenvalue weighted by atomic mass is 10.0. The Bertz CT molecular complexity index is 620. The third kappa shape index (κ3) is 15.1. The third-order valence-corrected chi connectivity index (χ3v) is 6.42. The number of aromatic nitrogens is 4. The fraction of sp³-hybridized carbons (Fsp3) is 0.900. The predicted octanol–water partition coefficient (Wildman–Crippen LogP) is 4.06. The maximum absolute atomic E-state index is 11.6. The van der Waals surface area contributed by atoms with Crippen molar-refractivity contribution in [1.82, 2.24) is 25.3 Å². The van der Waals surface area contributed by atoms with Gasteiger partial charge in [0.15, 0.2) is 5.82 Å². The number of sulfonamides is 1. The molecule has 0 bridgehead atoms. The van der Waals surface area contributed by atoms with E-state index in [1.54, 1.807) is 6.92 Å². The highest BCUT2D eigenvalue weighted by atomic mass is 32.2. The maximum atomic E-state index is 11.6. The molecule has 9 heteroatoms. The molecule has 0 aliphatic heterocycles. The van der Waals surface area contributed by atoms with Gasteiger partial charge >= 0.3 is 0 Å². The van der Waals surface area contributed by atoms with E-state index in [9.17, 15) is 13.2 Å². The van der Waals surface area contributed by atoms with Crippen molar-refractivity contribution < 1.29 is 13.2 Å². The van der Waals surface area contributed by atoms with E-state index in [0.29, 0.717) is 12.8 Å². The fourth-order valence-corrected chi connectivity index (χ4v) is 4.43. The summed E-state index contributed by atoms with van der Waals surface area (Å²) >= 11 is 0. The summed E-state index contributed by atoms with van der Waals surface area (Å²) in [6, 6.07) is 0. The Morgan fingerprint density at radius 3 is 1.86 bits per heavy atom. The van der Waals surface area contributed by atoms with E-state index in [4.69, 9.17) is 0 Å². The second-order valence-corrected chi connectivity index (χ2v) is 9.61. The van der Waals surface area contributed by atoms with Gasteiger partial charge in [-0.1, -0.05) is 82.8 Å². The highest BCUT2D eigenvalue weighted by Gasteiger charge is 2.12. The lowest BCUT2D eigenvalue weighted by Crippen LogP contribution is -2.32. The van der Waals surface area contributed by atoms with Gasteiger partial charge in [0.1, 0.15) is 0 Å². The number of rotatable bonds is 19. The zero-order valence-electron chi connectivity index (χ0n) is 18.0. The number of hydrogen-bond donors (Lipinski definition) is 2. The second-order valence-electron chi connectivity index (χ2n) is 7.77. The topological polar surface area (TPSA) is 118 Å². The first-order valence-corrected chi connectivity index (χ1v) is 12.9. The second kappa shape index (κ2) is 16.3. The lowest BCUT2D eigenvalue weighted by Gasteiger charge is -2.06. The SMILES string of the molecule is CCCS(=O)(=O)NC(=O)CCCCCCCCCCCCCCCc1nn[nH]n1. The minimum absolute atomic E-state index is 0.0141. The van der Waals surface area contributed by atoms with Crippen LogP contribution in [0.2, 0.25) is 0 Å². The van der Waals surface area contributed by atoms with Gasteiger partial charge < -0.3 is 0 Å². The van der Waals surface area contributed by atoms with Gasteiger partial charge in [-0.3, -0.25) is 9.52 Å². The molecule has 1 aromatic heterocycles. The van der Waals surface area contributed by atoms with Crippen molar-refractivity contribution >= 4 is 15.9 Å². The van der Waals surface area contributed by atoms with Gasteiger partial charge in [-0.25, -0.2) is 8.42 Å². The van der Waals surface area contributed by atoms with Gasteiger partial charge in [0.25, 0.3) is 0 Å². The van der Waals surface area contributed by atoms with E-state index in [1.807, 2.05) is 0 Å². The predicted molar refractivity (Wildman–Crippen MR) is 115 cm³/mol. The standard InChI is InChI=1S/C20H39N5O3S/c1-2-18-29(27,28)23-20(26)17-15-13-11-9-7-5-3-4-6-8-10-12-14-16-19-21-24-25-22-19/h2-18H2,1H3,(H,23,26)(H,21,22,24,25). The number of nitrogens with zero attached hydrogens (tertiary/aromatic N) is 3. The van der Waals surface area contributed by atoms with Crippen LogP contribution in [0, 0.1) is 0 Å². The van der Waals surface area contributed by atoms with Crippen LogP contribution in [-0.2, 0) is 21.2 Å². The number of carbonyl (C=O) groups excluding carboxylic acids is 1. The molecule has 0 aliphatic rings. The zero-order chi connectivity index (χ0) is 21.2. The van der Waals surface area contributed by atoms with Crippen molar-refractivity contribution in [3.05, 3.63) is 5.82 Å². The molecule has 1 heterocycles. The smallest absolute Gasteiger partial charge is 0.234 e. The monoisotopic (exact) mass is 429 g/mol. The Morgan fingerprint density at radius 1 is 0.862 bits per heavy atom. The van der Waals surface area contributed by atoms with E-state index in [2.05, 4.69) is 25.3 Å². The minimum atomic E-state index is -3.42. The van der Waals surface area contributed by atoms with E-state index in [-0.39, 0.29) is 11.7 Å². The summed E-state index contributed by atoms with van der Waals surface area (Å²) in [7, 11) is -3.42. The molecule has 29 heavy (non-hydrogen) atoms. The number of H-pyrrole nitrogens is 1. The van der Waals surface area contributed by atoms with Crippen molar-refractivity contribution in [1.29, 1.82) is 0 Å². The zero-order valence-corrected chi connectivity index (χ0v) is 18.8. The number of tetrazole rings is 1. The van der Waals surface area contributed by atoms with Crippen LogP contribution in [0.25, 0.3) is 0 Å². The molecule has 8 nitrogen and oxygen atoms in total. The van der Waals surface area contributed by atoms with Crippen molar-refractivity contribution in [2.24, 2.45) is 0 Å². The molecule has 0 radical (unpaired) electrons. The summed E-state index contributed by atoms with van der Waals surface area (Å²) in [6.45, 7) is 1.78. The van der Waals surface area contributed by atoms with Gasteiger partial charge in [-0.2, -0.15) is 5.21 Å². The number of aryl methyl sites for hydroxylation is 1. The quantitative estimate of drug-likeness (QED) is 0.320. The molecular weight excluding hydrogens is 390 g/mol. The summed E-state index contributed by atoms with van der Waals surface area (Å²) < 4.78 is 25.1. The Hall–Kier alpha value is -1.51. The Morgan fingerprint density at radius 2 is 1.38 bits per heavy atom. The summed E-state index contributed by atoms with van der Waals surface area (Å²) in [5, 5.41) is 13.9. The Kier molecular flexibility index (Phi) is 14.4. The average molecular weight is 430 g/mol. The summed E-state index contributed by atoms with van der Waals surface area (Å²) in [5.41, 5.74) is 0. The molecule has 168 valence electrons. The van der Waals surface area contributed by atoms with E-state index in [1.165, 1.54) is 57.8 Å². The van der Waals surface area contributed by atoms with Crippen LogP contribution < -0.4 is 4.72 Å². The molecule has 0 unspecified atom stereocenters. The van der Waals surface area contributed by atoms with Gasteiger partial charge in [0.05, 0.1) is 5.75 Å². The van der Waals surface area contributed by atoms with E-state index >= 15 is 0 Å². The highest BCUT2D eigenvalue weighted by molar-refractivity contribution is 7.90. The van der Waals surface area contributed by atoms with Crippen LogP contribution in [0.15, 0.2) is 0 Å². The van der Waals surface area contributed by atoms with Crippen molar-refractivity contribution in [3.8, 4) is 0 Å². The largest absolute Gasteiger partial charge is 0.274 e. The lowest BCUT2D eigenvalue weighted by molar-refractivity contribution is -0.119. The Labute approximate surface area is 176 Å². The summed E-state index contributed by atoms with van der Waals surface area (Å²) in [4.78, 5) is 11.6. The molecular formula is C20H39N5O3S. The minimum Gasteiger partial charge on any atom is -0.274 e. The number of nitrogens with one attached hydrogen (secondary N) is 2. The molecule has 0 saturated carbocycles. The Balaban J connectivity index is 1.78. The number of amides is 1. The van der Waals surface area contributed by atoms with Crippen molar-refractivity contribution in [2.75, 3.05) is 5.75 Å². The molecule has 0 aromatic carbocycles. The molecule has 0 aliphatic carbocycles. The van der Waals surface area contributed by atoms with Crippen LogP contribution in [0.1, 0.15) is 109 Å². The first-order chi connectivity index (χ1) is 14.0. The van der Waals surface area contributed by atoms with E-state index in [0.717, 1.165) is 37.9 Å². The maximum Gasteiger partial charge on any atom is 0.234 e. The molecule has 2 N–H and O–H groups in total. The van der Waals surface area contributed by atoms with Crippen LogP contribution >= 0.6 is 0 Å². The fourth-order valence-electron chi connectivity index (χ4n) is 3.35. The van der Waals surface area contributed by atoms with Gasteiger partial charge in [0, 0.05) is 12.8 Å². The van der Waals surface area contributed by atoms with Gasteiger partial charge in [-0.15, -0.1) is 10.2 Å². The average Bonchev–Trinajstić information content (AvgIpc) is 3.17. The molecule has 0 saturated heterocycles. The molecule has 0 atom stereocenters. The van der Waals surface area contributed by atoms with Crippen molar-refractivity contribution in [2.45, 2.75) is 110 Å². The van der Waals surface area contributed by atoms with Gasteiger partial charge in [0.2, 0.25) is 15.9 Å².